The summed E-state index contributed by atoms with van der Waals surface area (Å²) in [6, 6.07) is 0.00967. The van der Waals surface area contributed by atoms with E-state index in [0.717, 1.165) is 17.4 Å². The number of anilines is 1. The summed E-state index contributed by atoms with van der Waals surface area (Å²) in [7, 11) is 0. The molecule has 2 aliphatic rings. The van der Waals surface area contributed by atoms with E-state index in [1.807, 2.05) is 20.8 Å². The van der Waals surface area contributed by atoms with Gasteiger partial charge in [0.1, 0.15) is 0 Å². The molecule has 4 rings (SSSR count). The van der Waals surface area contributed by atoms with Crippen LogP contribution in [0.1, 0.15) is 49.5 Å². The Labute approximate surface area is 190 Å². The van der Waals surface area contributed by atoms with Gasteiger partial charge in [0.05, 0.1) is 18.8 Å². The van der Waals surface area contributed by atoms with Crippen LogP contribution in [-0.2, 0) is 16.1 Å². The third kappa shape index (κ3) is 4.72. The van der Waals surface area contributed by atoms with Crippen LogP contribution in [-0.4, -0.2) is 68.3 Å². The van der Waals surface area contributed by atoms with E-state index in [9.17, 15) is 19.5 Å². The van der Waals surface area contributed by atoms with Crippen molar-refractivity contribution in [2.45, 2.75) is 46.2 Å². The summed E-state index contributed by atoms with van der Waals surface area (Å²) in [6.07, 6.45) is 4.55. The number of rotatable bonds is 5. The third-order valence-electron chi connectivity index (χ3n) is 5.55. The van der Waals surface area contributed by atoms with Crippen molar-refractivity contribution in [3.05, 3.63) is 27.6 Å². The van der Waals surface area contributed by atoms with Crippen molar-refractivity contribution in [1.29, 1.82) is 0 Å². The van der Waals surface area contributed by atoms with Crippen LogP contribution in [0.25, 0.3) is 11.7 Å². The minimum Gasteiger partial charge on any atom is -0.494 e. The van der Waals surface area contributed by atoms with Crippen molar-refractivity contribution >= 4 is 29.4 Å². The van der Waals surface area contributed by atoms with E-state index in [1.165, 1.54) is 16.7 Å². The first kappa shape index (κ1) is 22.8. The fourth-order valence-electron chi connectivity index (χ4n) is 3.79. The lowest BCUT2D eigenvalue weighted by atomic mass is 9.96. The first-order valence-electron chi connectivity index (χ1n) is 11.1. The Balaban J connectivity index is 1.83. The predicted molar refractivity (Wildman–Crippen MR) is 122 cm³/mol. The molecule has 11 heteroatoms. The van der Waals surface area contributed by atoms with E-state index in [2.05, 4.69) is 10.4 Å². The van der Waals surface area contributed by atoms with E-state index in [4.69, 9.17) is 10.5 Å². The molecule has 2 aromatic rings. The van der Waals surface area contributed by atoms with Gasteiger partial charge in [-0.2, -0.15) is 4.52 Å². The number of ether oxygens (including phenoxy) is 1. The van der Waals surface area contributed by atoms with E-state index < -0.39 is 17.3 Å². The Hall–Kier alpha value is -3.34. The standard InChI is InChI=1S/C22H30N6O5/c1-22(2,3)12-27-19-14(6-7-15(29)26-8-10-33-11-9-26)17(23)25-28(19)21(32)16(20(27)31)18(30)24-13-4-5-13/h6-7,13,31H,4-5,8-12H2,1-3H3,(H2,23,25)(H,24,30). The van der Waals surface area contributed by atoms with Crippen molar-refractivity contribution in [3.63, 3.8) is 0 Å². The zero-order valence-electron chi connectivity index (χ0n) is 19.1. The van der Waals surface area contributed by atoms with E-state index in [-0.39, 0.29) is 40.9 Å². The second-order valence-electron chi connectivity index (χ2n) is 9.70. The Morgan fingerprint density at radius 3 is 2.55 bits per heavy atom. The summed E-state index contributed by atoms with van der Waals surface area (Å²) in [6.45, 7) is 8.08. The molecule has 2 aromatic heterocycles. The molecule has 0 radical (unpaired) electrons. The molecule has 2 fully saturated rings. The molecule has 4 N–H and O–H groups in total. The molecule has 0 atom stereocenters. The number of morpholine rings is 1. The lowest BCUT2D eigenvalue weighted by Crippen LogP contribution is -2.39. The zero-order valence-corrected chi connectivity index (χ0v) is 19.1. The molecule has 3 heterocycles. The second-order valence-corrected chi connectivity index (χ2v) is 9.70. The van der Waals surface area contributed by atoms with Crippen molar-refractivity contribution in [1.82, 2.24) is 24.4 Å². The van der Waals surface area contributed by atoms with Crippen LogP contribution in [0.2, 0.25) is 0 Å². The fraction of sp³-hybridized carbons (Fsp3) is 0.545. The smallest absolute Gasteiger partial charge is 0.291 e. The summed E-state index contributed by atoms with van der Waals surface area (Å²) in [5.74, 6) is -1.29. The number of nitrogen functional groups attached to an aromatic ring is 1. The molecule has 178 valence electrons. The van der Waals surface area contributed by atoms with Crippen LogP contribution < -0.4 is 16.6 Å². The normalized spacial score (nSPS) is 17.1. The highest BCUT2D eigenvalue weighted by atomic mass is 16.5. The van der Waals surface area contributed by atoms with Gasteiger partial charge in [0.15, 0.2) is 17.0 Å². The molecule has 1 saturated heterocycles. The minimum atomic E-state index is -0.767. The number of carbonyl (C=O) groups excluding carboxylic acids is 2. The van der Waals surface area contributed by atoms with Gasteiger partial charge in [-0.25, -0.2) is 0 Å². The molecule has 33 heavy (non-hydrogen) atoms. The van der Waals surface area contributed by atoms with Crippen molar-refractivity contribution < 1.29 is 19.4 Å². The number of nitrogens with one attached hydrogen (secondary N) is 1. The average molecular weight is 459 g/mol. The van der Waals surface area contributed by atoms with Crippen molar-refractivity contribution in [3.8, 4) is 5.88 Å². The topological polar surface area (TPSA) is 144 Å². The van der Waals surface area contributed by atoms with Gasteiger partial charge >= 0.3 is 0 Å². The molecular formula is C22H30N6O5. The number of hydrogen-bond donors (Lipinski definition) is 3. The van der Waals surface area contributed by atoms with Crippen LogP contribution >= 0.6 is 0 Å². The monoisotopic (exact) mass is 458 g/mol. The van der Waals surface area contributed by atoms with E-state index in [0.29, 0.717) is 31.9 Å². The highest BCUT2D eigenvalue weighted by Gasteiger charge is 2.31. The quantitative estimate of drug-likeness (QED) is 0.556. The molecular weight excluding hydrogens is 428 g/mol. The second kappa shape index (κ2) is 8.54. The molecule has 0 unspecified atom stereocenters. The summed E-state index contributed by atoms with van der Waals surface area (Å²) in [5, 5.41) is 17.9. The number of amides is 2. The highest BCUT2D eigenvalue weighted by molar-refractivity contribution is 5.97. The molecule has 1 saturated carbocycles. The first-order valence-corrected chi connectivity index (χ1v) is 11.1. The Morgan fingerprint density at radius 1 is 1.27 bits per heavy atom. The highest BCUT2D eigenvalue weighted by Crippen LogP contribution is 2.29. The Kier molecular flexibility index (Phi) is 5.91. The first-order chi connectivity index (χ1) is 15.6. The molecule has 2 amide bonds. The molecule has 0 bridgehead atoms. The molecule has 0 spiro atoms. The maximum absolute atomic E-state index is 13.2. The van der Waals surface area contributed by atoms with Gasteiger partial charge in [0.25, 0.3) is 11.5 Å². The van der Waals surface area contributed by atoms with Crippen LogP contribution in [0.3, 0.4) is 0 Å². The van der Waals surface area contributed by atoms with Gasteiger partial charge in [-0.1, -0.05) is 20.8 Å². The van der Waals surface area contributed by atoms with Crippen LogP contribution in [0.4, 0.5) is 5.82 Å². The van der Waals surface area contributed by atoms with Gasteiger partial charge in [0.2, 0.25) is 11.8 Å². The number of aromatic nitrogens is 3. The summed E-state index contributed by atoms with van der Waals surface area (Å²) in [5.41, 5.74) is 5.21. The number of carbonyl (C=O) groups is 2. The maximum Gasteiger partial charge on any atom is 0.291 e. The summed E-state index contributed by atoms with van der Waals surface area (Å²) >= 11 is 0. The number of nitrogens with two attached hydrogens (primary N) is 1. The molecule has 1 aliphatic carbocycles. The zero-order chi connectivity index (χ0) is 23.9. The van der Waals surface area contributed by atoms with Gasteiger partial charge < -0.3 is 25.8 Å². The third-order valence-corrected chi connectivity index (χ3v) is 5.55. The Morgan fingerprint density at radius 2 is 1.94 bits per heavy atom. The Bertz CT molecular complexity index is 1180. The lowest BCUT2D eigenvalue weighted by molar-refractivity contribution is -0.129. The van der Waals surface area contributed by atoms with Crippen LogP contribution in [0.5, 0.6) is 5.88 Å². The number of hydrogen-bond acceptors (Lipinski definition) is 7. The van der Waals surface area contributed by atoms with E-state index in [1.54, 1.807) is 4.90 Å². The maximum atomic E-state index is 13.2. The number of nitrogens with zero attached hydrogens (tertiary/aromatic N) is 4. The minimum absolute atomic E-state index is 0.00967. The summed E-state index contributed by atoms with van der Waals surface area (Å²) in [4.78, 5) is 40.1. The summed E-state index contributed by atoms with van der Waals surface area (Å²) < 4.78 is 7.77. The van der Waals surface area contributed by atoms with Gasteiger partial charge in [-0.3, -0.25) is 19.0 Å². The van der Waals surface area contributed by atoms with Crippen molar-refractivity contribution in [2.75, 3.05) is 32.0 Å². The molecule has 0 aromatic carbocycles. The van der Waals surface area contributed by atoms with Crippen LogP contribution in [0.15, 0.2) is 10.9 Å². The number of aromatic hydroxyl groups is 1. The average Bonchev–Trinajstić information content (AvgIpc) is 3.50. The lowest BCUT2D eigenvalue weighted by Gasteiger charge is -2.25. The fourth-order valence-corrected chi connectivity index (χ4v) is 3.79. The van der Waals surface area contributed by atoms with Gasteiger partial charge in [0, 0.05) is 31.8 Å². The van der Waals surface area contributed by atoms with Gasteiger partial charge in [-0.15, -0.1) is 5.10 Å². The predicted octanol–water partition coefficient (Wildman–Crippen LogP) is 0.594. The van der Waals surface area contributed by atoms with Gasteiger partial charge in [-0.05, 0) is 24.3 Å². The number of fused-ring (bicyclic) bond motifs is 1. The largest absolute Gasteiger partial charge is 0.494 e. The van der Waals surface area contributed by atoms with E-state index >= 15 is 0 Å². The SMILES string of the molecule is CC(C)(C)Cn1c(O)c(C(=O)NC2CC2)c(=O)n2nc(N)c(C=CC(=O)N3CCOCC3)c12. The van der Waals surface area contributed by atoms with Crippen molar-refractivity contribution in [2.24, 2.45) is 5.41 Å². The molecule has 11 nitrogen and oxygen atoms in total. The molecule has 1 aliphatic heterocycles. The van der Waals surface area contributed by atoms with Crippen LogP contribution in [0, 0.1) is 5.41 Å².